The van der Waals surface area contributed by atoms with Crippen LogP contribution in [-0.4, -0.2) is 64.1 Å². The maximum Gasteiger partial charge on any atom is 0.410 e. The molecule has 1 aromatic rings. The number of aryl methyl sites for hydroxylation is 1. The van der Waals surface area contributed by atoms with Crippen LogP contribution >= 0.6 is 0 Å². The van der Waals surface area contributed by atoms with Crippen LogP contribution in [0.15, 0.2) is 29.2 Å². The second-order valence-corrected chi connectivity index (χ2v) is 11.8. The number of rotatable bonds is 5. The fourth-order valence-corrected chi connectivity index (χ4v) is 5.27. The first-order chi connectivity index (χ1) is 12.8. The summed E-state index contributed by atoms with van der Waals surface area (Å²) in [5.74, 6) is -0.193. The standard InChI is InChI=1S/C18H27NO7S2/c1-14-5-7-15(8-6-14)28(23,24)25-11-9-16-13-19(10-12-27(16,21)22)17(20)26-18(2,3)4/h5-8,16H,9-13H2,1-4H3/t16-/m0/s1. The molecule has 0 saturated carbocycles. The van der Waals surface area contributed by atoms with Crippen molar-refractivity contribution in [3.05, 3.63) is 29.8 Å². The molecule has 1 aromatic carbocycles. The van der Waals surface area contributed by atoms with Crippen molar-refractivity contribution in [2.24, 2.45) is 0 Å². The van der Waals surface area contributed by atoms with E-state index in [0.717, 1.165) is 5.56 Å². The van der Waals surface area contributed by atoms with Crippen LogP contribution in [0, 0.1) is 6.92 Å². The van der Waals surface area contributed by atoms with Crippen LogP contribution in [0.1, 0.15) is 32.8 Å². The number of carbonyl (C=O) groups excluding carboxylic acids is 1. The maximum atomic E-state index is 12.3. The van der Waals surface area contributed by atoms with E-state index in [-0.39, 0.29) is 36.8 Å². The Hall–Kier alpha value is -1.65. The van der Waals surface area contributed by atoms with Gasteiger partial charge in [0.1, 0.15) is 5.60 Å². The number of ether oxygens (including phenoxy) is 1. The molecule has 0 aromatic heterocycles. The largest absolute Gasteiger partial charge is 0.444 e. The molecular weight excluding hydrogens is 406 g/mol. The van der Waals surface area contributed by atoms with E-state index >= 15 is 0 Å². The molecule has 2 rings (SSSR count). The Morgan fingerprint density at radius 1 is 1.21 bits per heavy atom. The molecule has 1 aliphatic heterocycles. The summed E-state index contributed by atoms with van der Waals surface area (Å²) < 4.78 is 59.4. The average Bonchev–Trinajstić information content (AvgIpc) is 2.55. The molecule has 0 bridgehead atoms. The van der Waals surface area contributed by atoms with Gasteiger partial charge in [0.25, 0.3) is 10.1 Å². The van der Waals surface area contributed by atoms with Gasteiger partial charge in [0.05, 0.1) is 22.5 Å². The van der Waals surface area contributed by atoms with Gasteiger partial charge in [-0.05, 0) is 46.2 Å². The molecule has 0 unspecified atom stereocenters. The summed E-state index contributed by atoms with van der Waals surface area (Å²) in [4.78, 5) is 13.6. The van der Waals surface area contributed by atoms with Crippen LogP contribution in [0.4, 0.5) is 4.79 Å². The Morgan fingerprint density at radius 2 is 1.82 bits per heavy atom. The predicted molar refractivity (Wildman–Crippen MR) is 104 cm³/mol. The van der Waals surface area contributed by atoms with Crippen molar-refractivity contribution in [1.82, 2.24) is 4.90 Å². The maximum absolute atomic E-state index is 12.3. The van der Waals surface area contributed by atoms with Gasteiger partial charge in [-0.3, -0.25) is 4.18 Å². The van der Waals surface area contributed by atoms with E-state index in [4.69, 9.17) is 8.92 Å². The topological polar surface area (TPSA) is 107 Å². The van der Waals surface area contributed by atoms with Crippen LogP contribution < -0.4 is 0 Å². The number of hydrogen-bond acceptors (Lipinski definition) is 7. The van der Waals surface area contributed by atoms with Crippen molar-refractivity contribution in [3.8, 4) is 0 Å². The molecule has 0 aliphatic carbocycles. The number of hydrogen-bond donors (Lipinski definition) is 0. The summed E-state index contributed by atoms with van der Waals surface area (Å²) in [5.41, 5.74) is 0.225. The molecule has 158 valence electrons. The number of amides is 1. The fourth-order valence-electron chi connectivity index (χ4n) is 2.68. The van der Waals surface area contributed by atoms with Crippen LogP contribution in [0.25, 0.3) is 0 Å². The van der Waals surface area contributed by atoms with Crippen molar-refractivity contribution < 1.29 is 30.6 Å². The van der Waals surface area contributed by atoms with Crippen molar-refractivity contribution >= 4 is 26.0 Å². The molecular formula is C18H27NO7S2. The average molecular weight is 434 g/mol. The quantitative estimate of drug-likeness (QED) is 0.655. The minimum atomic E-state index is -3.97. The van der Waals surface area contributed by atoms with Gasteiger partial charge in [0.15, 0.2) is 9.84 Å². The highest BCUT2D eigenvalue weighted by atomic mass is 32.2. The molecule has 0 radical (unpaired) electrons. The summed E-state index contributed by atoms with van der Waals surface area (Å²) in [5, 5.41) is -0.901. The number of sulfone groups is 1. The van der Waals surface area contributed by atoms with Gasteiger partial charge in [-0.1, -0.05) is 17.7 Å². The SMILES string of the molecule is Cc1ccc(S(=O)(=O)OCC[C@H]2CN(C(=O)OC(C)(C)C)CCS2(=O)=O)cc1. The van der Waals surface area contributed by atoms with Gasteiger partial charge in [0, 0.05) is 13.1 Å². The van der Waals surface area contributed by atoms with Crippen LogP contribution in [-0.2, 0) is 28.9 Å². The third kappa shape index (κ3) is 6.18. The molecule has 1 saturated heterocycles. The van der Waals surface area contributed by atoms with E-state index in [1.54, 1.807) is 32.9 Å². The predicted octanol–water partition coefficient (Wildman–Crippen LogP) is 2.12. The van der Waals surface area contributed by atoms with Crippen molar-refractivity contribution in [3.63, 3.8) is 0 Å². The highest BCUT2D eigenvalue weighted by molar-refractivity contribution is 7.92. The summed E-state index contributed by atoms with van der Waals surface area (Å²) in [6, 6.07) is 6.18. The lowest BCUT2D eigenvalue weighted by Gasteiger charge is -2.33. The fraction of sp³-hybridized carbons (Fsp3) is 0.611. The number of nitrogens with zero attached hydrogens (tertiary/aromatic N) is 1. The van der Waals surface area contributed by atoms with E-state index in [0.29, 0.717) is 0 Å². The van der Waals surface area contributed by atoms with E-state index in [9.17, 15) is 21.6 Å². The zero-order chi connectivity index (χ0) is 21.2. The molecule has 1 amide bonds. The third-order valence-corrected chi connectivity index (χ3v) is 7.70. The number of carbonyl (C=O) groups is 1. The molecule has 10 heteroatoms. The monoisotopic (exact) mass is 433 g/mol. The Kier molecular flexibility index (Phi) is 6.78. The summed E-state index contributed by atoms with van der Waals surface area (Å²) in [7, 11) is -7.41. The minimum absolute atomic E-state index is 0.0139. The lowest BCUT2D eigenvalue weighted by atomic mass is 10.2. The van der Waals surface area contributed by atoms with Gasteiger partial charge in [-0.2, -0.15) is 8.42 Å². The molecule has 1 fully saturated rings. The first-order valence-corrected chi connectivity index (χ1v) is 12.1. The highest BCUT2D eigenvalue weighted by Crippen LogP contribution is 2.20. The van der Waals surface area contributed by atoms with E-state index < -0.39 is 36.9 Å². The van der Waals surface area contributed by atoms with Crippen molar-refractivity contribution in [2.45, 2.75) is 49.9 Å². The van der Waals surface area contributed by atoms with E-state index in [2.05, 4.69) is 0 Å². The first kappa shape index (κ1) is 22.6. The number of benzene rings is 1. The molecule has 0 spiro atoms. The lowest BCUT2D eigenvalue weighted by Crippen LogP contribution is -2.50. The molecule has 1 heterocycles. The second-order valence-electron chi connectivity index (χ2n) is 7.79. The van der Waals surface area contributed by atoms with Crippen molar-refractivity contribution in [2.75, 3.05) is 25.4 Å². The zero-order valence-electron chi connectivity index (χ0n) is 16.5. The molecule has 8 nitrogen and oxygen atoms in total. The van der Waals surface area contributed by atoms with Crippen molar-refractivity contribution in [1.29, 1.82) is 0 Å². The van der Waals surface area contributed by atoms with Crippen LogP contribution in [0.5, 0.6) is 0 Å². The van der Waals surface area contributed by atoms with Gasteiger partial charge in [-0.25, -0.2) is 13.2 Å². The molecule has 1 atom stereocenters. The smallest absolute Gasteiger partial charge is 0.410 e. The Labute approximate surface area is 166 Å². The summed E-state index contributed by atoms with van der Waals surface area (Å²) in [6.45, 7) is 6.73. The Morgan fingerprint density at radius 3 is 2.39 bits per heavy atom. The minimum Gasteiger partial charge on any atom is -0.444 e. The first-order valence-electron chi connectivity index (χ1n) is 8.96. The normalized spacial score (nSPS) is 20.0. The zero-order valence-corrected chi connectivity index (χ0v) is 18.2. The van der Waals surface area contributed by atoms with E-state index in [1.807, 2.05) is 6.92 Å². The van der Waals surface area contributed by atoms with Crippen LogP contribution in [0.2, 0.25) is 0 Å². The van der Waals surface area contributed by atoms with Gasteiger partial charge in [-0.15, -0.1) is 0 Å². The molecule has 0 N–H and O–H groups in total. The summed E-state index contributed by atoms with van der Waals surface area (Å²) >= 11 is 0. The molecule has 1 aliphatic rings. The van der Waals surface area contributed by atoms with Gasteiger partial charge >= 0.3 is 6.09 Å². The lowest BCUT2D eigenvalue weighted by molar-refractivity contribution is 0.0250. The van der Waals surface area contributed by atoms with Gasteiger partial charge < -0.3 is 9.64 Å². The van der Waals surface area contributed by atoms with Crippen LogP contribution in [0.3, 0.4) is 0 Å². The molecule has 28 heavy (non-hydrogen) atoms. The second kappa shape index (κ2) is 8.38. The Balaban J connectivity index is 1.99. The third-order valence-electron chi connectivity index (χ3n) is 4.22. The highest BCUT2D eigenvalue weighted by Gasteiger charge is 2.36. The van der Waals surface area contributed by atoms with Gasteiger partial charge in [0.2, 0.25) is 0 Å². The summed E-state index contributed by atoms with van der Waals surface area (Å²) in [6.07, 6.45) is -0.618. The van der Waals surface area contributed by atoms with E-state index in [1.165, 1.54) is 17.0 Å². The Bertz CT molecular complexity index is 900.